The third-order valence-electron chi connectivity index (χ3n) is 3.40. The molecule has 0 unspecified atom stereocenters. The largest absolute Gasteiger partial charge is 0.419 e. The van der Waals surface area contributed by atoms with Crippen LogP contribution in [0.15, 0.2) is 50.6 Å². The van der Waals surface area contributed by atoms with Crippen LogP contribution in [0.25, 0.3) is 11.1 Å². The van der Waals surface area contributed by atoms with Crippen LogP contribution >= 0.6 is 0 Å². The molecular weight excluding hydrogens is 363 g/mol. The number of alkyl halides is 3. The lowest BCUT2D eigenvalue weighted by molar-refractivity contribution is -0.137. The summed E-state index contributed by atoms with van der Waals surface area (Å²) < 4.78 is 70.3. The second kappa shape index (κ2) is 5.62. The summed E-state index contributed by atoms with van der Waals surface area (Å²) in [5.41, 5.74) is -0.530. The van der Waals surface area contributed by atoms with Gasteiger partial charge in [-0.05, 0) is 30.3 Å². The predicted molar refractivity (Wildman–Crippen MR) is 81.5 cm³/mol. The maximum absolute atomic E-state index is 12.5. The number of hydrogen-bond acceptors (Lipinski definition) is 5. The number of nitrogens with one attached hydrogen (secondary N) is 1. The van der Waals surface area contributed by atoms with Gasteiger partial charge in [-0.2, -0.15) is 13.2 Å². The molecule has 3 aromatic rings. The van der Waals surface area contributed by atoms with Gasteiger partial charge in [0.05, 0.1) is 16.0 Å². The van der Waals surface area contributed by atoms with E-state index in [0.29, 0.717) is 12.3 Å². The highest BCUT2D eigenvalue weighted by molar-refractivity contribution is 7.92. The van der Waals surface area contributed by atoms with Gasteiger partial charge in [0.25, 0.3) is 10.0 Å². The van der Waals surface area contributed by atoms with Crippen LogP contribution in [0.3, 0.4) is 0 Å². The summed E-state index contributed by atoms with van der Waals surface area (Å²) in [7, 11) is -2.70. The minimum Gasteiger partial charge on any atom is -0.408 e. The molecule has 0 bridgehead atoms. The van der Waals surface area contributed by atoms with Gasteiger partial charge in [-0.15, -0.1) is 0 Å². The number of nitrogens with zero attached hydrogens (tertiary/aromatic N) is 2. The van der Waals surface area contributed by atoms with Crippen molar-refractivity contribution in [3.63, 3.8) is 0 Å². The second-order valence-electron chi connectivity index (χ2n) is 5.09. The lowest BCUT2D eigenvalue weighted by Gasteiger charge is -2.09. The van der Waals surface area contributed by atoms with E-state index in [0.717, 1.165) is 10.6 Å². The molecular formula is C14H10F3N3O4S. The zero-order chi connectivity index (χ0) is 18.4. The van der Waals surface area contributed by atoms with Crippen molar-refractivity contribution in [3.05, 3.63) is 52.6 Å². The fourth-order valence-corrected chi connectivity index (χ4v) is 3.12. The SMILES string of the molecule is Cn1c(=O)oc2ccc(S(=O)(=O)Nc3ccc(C(F)(F)F)cn3)cc21. The van der Waals surface area contributed by atoms with Crippen molar-refractivity contribution in [2.45, 2.75) is 11.1 Å². The Kier molecular flexibility index (Phi) is 3.82. The summed E-state index contributed by atoms with van der Waals surface area (Å²) in [5, 5.41) is 0. The maximum atomic E-state index is 12.5. The number of fused-ring (bicyclic) bond motifs is 1. The van der Waals surface area contributed by atoms with Gasteiger partial charge in [0, 0.05) is 13.2 Å². The van der Waals surface area contributed by atoms with E-state index in [2.05, 4.69) is 9.71 Å². The van der Waals surface area contributed by atoms with Gasteiger partial charge in [0.15, 0.2) is 5.58 Å². The van der Waals surface area contributed by atoms with Gasteiger partial charge in [0.1, 0.15) is 5.82 Å². The van der Waals surface area contributed by atoms with Crippen LogP contribution in [0, 0.1) is 0 Å². The molecule has 0 amide bonds. The summed E-state index contributed by atoms with van der Waals surface area (Å²) in [6.07, 6.45) is -4.04. The molecule has 25 heavy (non-hydrogen) atoms. The summed E-state index contributed by atoms with van der Waals surface area (Å²) in [5.74, 6) is -0.920. The number of halogens is 3. The number of oxazole rings is 1. The quantitative estimate of drug-likeness (QED) is 0.761. The third-order valence-corrected chi connectivity index (χ3v) is 4.76. The van der Waals surface area contributed by atoms with Crippen LogP contribution in [-0.4, -0.2) is 18.0 Å². The number of benzene rings is 1. The molecule has 3 rings (SSSR count). The fraction of sp³-hybridized carbons (Fsp3) is 0.143. The summed E-state index contributed by atoms with van der Waals surface area (Å²) in [6, 6.07) is 5.36. The fourth-order valence-electron chi connectivity index (χ4n) is 2.09. The van der Waals surface area contributed by atoms with Crippen molar-refractivity contribution in [2.24, 2.45) is 7.05 Å². The first kappa shape index (κ1) is 17.0. The van der Waals surface area contributed by atoms with E-state index >= 15 is 0 Å². The van der Waals surface area contributed by atoms with E-state index in [1.54, 1.807) is 0 Å². The molecule has 11 heteroatoms. The Bertz CT molecular complexity index is 1100. The van der Waals surface area contributed by atoms with Gasteiger partial charge in [0.2, 0.25) is 0 Å². The van der Waals surface area contributed by atoms with Crippen LogP contribution in [0.5, 0.6) is 0 Å². The highest BCUT2D eigenvalue weighted by atomic mass is 32.2. The Hall–Kier alpha value is -2.82. The van der Waals surface area contributed by atoms with Crippen molar-refractivity contribution >= 4 is 26.9 Å². The number of aryl methyl sites for hydroxylation is 1. The lowest BCUT2D eigenvalue weighted by atomic mass is 10.3. The topological polar surface area (TPSA) is 94.2 Å². The average molecular weight is 373 g/mol. The number of hydrogen-bond donors (Lipinski definition) is 1. The molecule has 0 fully saturated rings. The van der Waals surface area contributed by atoms with Gasteiger partial charge >= 0.3 is 11.9 Å². The first-order valence-electron chi connectivity index (χ1n) is 6.73. The van der Waals surface area contributed by atoms with Crippen LogP contribution in [0.2, 0.25) is 0 Å². The predicted octanol–water partition coefficient (Wildman–Crippen LogP) is 2.35. The monoisotopic (exact) mass is 373 g/mol. The van der Waals surface area contributed by atoms with E-state index in [1.807, 2.05) is 0 Å². The van der Waals surface area contributed by atoms with E-state index in [9.17, 15) is 26.4 Å². The molecule has 0 aliphatic heterocycles. The van der Waals surface area contributed by atoms with E-state index in [-0.39, 0.29) is 21.8 Å². The van der Waals surface area contributed by atoms with Crippen LogP contribution in [-0.2, 0) is 23.2 Å². The molecule has 1 N–H and O–H groups in total. The third kappa shape index (κ3) is 3.22. The summed E-state index contributed by atoms with van der Waals surface area (Å²) >= 11 is 0. The van der Waals surface area contributed by atoms with Crippen LogP contribution in [0.1, 0.15) is 5.56 Å². The minimum absolute atomic E-state index is 0.196. The zero-order valence-corrected chi connectivity index (χ0v) is 13.4. The summed E-state index contributed by atoms with van der Waals surface area (Å²) in [6.45, 7) is 0. The number of rotatable bonds is 3. The van der Waals surface area contributed by atoms with Gasteiger partial charge in [-0.1, -0.05) is 0 Å². The molecule has 0 atom stereocenters. The Labute approximate surface area is 138 Å². The van der Waals surface area contributed by atoms with Crippen molar-refractivity contribution in [2.75, 3.05) is 4.72 Å². The van der Waals surface area contributed by atoms with Gasteiger partial charge in [-0.3, -0.25) is 9.29 Å². The molecule has 0 aliphatic carbocycles. The first-order chi connectivity index (χ1) is 11.6. The van der Waals surface area contributed by atoms with Crippen LogP contribution in [0.4, 0.5) is 19.0 Å². The first-order valence-corrected chi connectivity index (χ1v) is 8.22. The van der Waals surface area contributed by atoms with Crippen LogP contribution < -0.4 is 10.5 Å². The van der Waals surface area contributed by atoms with E-state index < -0.39 is 27.5 Å². The molecule has 7 nitrogen and oxygen atoms in total. The highest BCUT2D eigenvalue weighted by Crippen LogP contribution is 2.29. The van der Waals surface area contributed by atoms with Gasteiger partial charge < -0.3 is 4.42 Å². The Balaban J connectivity index is 1.94. The van der Waals surface area contributed by atoms with E-state index in [1.165, 1.54) is 25.2 Å². The Morgan fingerprint density at radius 1 is 1.20 bits per heavy atom. The molecule has 0 aliphatic rings. The molecule has 0 radical (unpaired) electrons. The number of anilines is 1. The van der Waals surface area contributed by atoms with Crippen molar-refractivity contribution < 1.29 is 26.0 Å². The number of aromatic nitrogens is 2. The Morgan fingerprint density at radius 2 is 1.92 bits per heavy atom. The normalized spacial score (nSPS) is 12.5. The minimum atomic E-state index is -4.57. The molecule has 132 valence electrons. The standard InChI is InChI=1S/C14H10F3N3O4S/c1-20-10-6-9(3-4-11(10)24-13(20)21)25(22,23)19-12-5-2-8(7-18-12)14(15,16)17/h2-7H,1H3,(H,18,19). The van der Waals surface area contributed by atoms with Crippen molar-refractivity contribution in [1.82, 2.24) is 9.55 Å². The number of sulfonamides is 1. The molecule has 0 saturated carbocycles. The summed E-state index contributed by atoms with van der Waals surface area (Å²) in [4.78, 5) is 14.7. The Morgan fingerprint density at radius 3 is 2.52 bits per heavy atom. The second-order valence-corrected chi connectivity index (χ2v) is 6.77. The molecule has 1 aromatic carbocycles. The molecule has 2 heterocycles. The smallest absolute Gasteiger partial charge is 0.408 e. The highest BCUT2D eigenvalue weighted by Gasteiger charge is 2.30. The molecule has 2 aromatic heterocycles. The van der Waals surface area contributed by atoms with Crippen molar-refractivity contribution in [3.8, 4) is 0 Å². The van der Waals surface area contributed by atoms with E-state index in [4.69, 9.17) is 4.42 Å². The zero-order valence-electron chi connectivity index (χ0n) is 12.5. The number of pyridine rings is 1. The molecule has 0 saturated heterocycles. The van der Waals surface area contributed by atoms with Crippen molar-refractivity contribution in [1.29, 1.82) is 0 Å². The van der Waals surface area contributed by atoms with Gasteiger partial charge in [-0.25, -0.2) is 18.2 Å². The maximum Gasteiger partial charge on any atom is 0.419 e. The lowest BCUT2D eigenvalue weighted by Crippen LogP contribution is -2.15. The average Bonchev–Trinajstić information content (AvgIpc) is 2.81. The molecule has 0 spiro atoms.